The summed E-state index contributed by atoms with van der Waals surface area (Å²) >= 11 is 0. The first-order valence-electron chi connectivity index (χ1n) is 10.00. The Labute approximate surface area is 176 Å². The Morgan fingerprint density at radius 1 is 0.933 bits per heavy atom. The lowest BCUT2D eigenvalue weighted by Gasteiger charge is -2.34. The Hall–Kier alpha value is -3.39. The molecule has 1 heterocycles. The maximum Gasteiger partial charge on any atom is 0.343 e. The Balaban J connectivity index is 1.57. The zero-order valence-corrected chi connectivity index (χ0v) is 17.1. The second-order valence-electron chi connectivity index (χ2n) is 7.13. The van der Waals surface area contributed by atoms with E-state index in [0.717, 1.165) is 39.1 Å². The van der Waals surface area contributed by atoms with Crippen LogP contribution in [0.2, 0.25) is 0 Å². The number of amides is 1. The maximum atomic E-state index is 12.7. The molecule has 0 saturated carbocycles. The summed E-state index contributed by atoms with van der Waals surface area (Å²) in [6.07, 6.45) is 1.12. The summed E-state index contributed by atoms with van der Waals surface area (Å²) in [7, 11) is 0. The van der Waals surface area contributed by atoms with Crippen LogP contribution in [0.3, 0.4) is 0 Å². The molecule has 0 aromatic heterocycles. The first kappa shape index (κ1) is 21.3. The minimum absolute atomic E-state index is 0.000606. The summed E-state index contributed by atoms with van der Waals surface area (Å²) in [4.78, 5) is 33.2. The smallest absolute Gasteiger partial charge is 0.343 e. The monoisotopic (exact) mass is 409 g/mol. The summed E-state index contributed by atoms with van der Waals surface area (Å²) in [6, 6.07) is 13.0. The Morgan fingerprint density at radius 3 is 2.10 bits per heavy atom. The van der Waals surface area contributed by atoms with Crippen molar-refractivity contribution in [3.63, 3.8) is 0 Å². The van der Waals surface area contributed by atoms with E-state index in [2.05, 4.69) is 16.8 Å². The van der Waals surface area contributed by atoms with Crippen LogP contribution in [-0.4, -0.2) is 60.4 Å². The lowest BCUT2D eigenvalue weighted by atomic mass is 10.1. The molecule has 8 nitrogen and oxygen atoms in total. The molecule has 1 aliphatic rings. The van der Waals surface area contributed by atoms with Gasteiger partial charge in [-0.15, -0.1) is 0 Å². The van der Waals surface area contributed by atoms with Crippen molar-refractivity contribution in [2.24, 2.45) is 16.5 Å². The lowest BCUT2D eigenvalue weighted by molar-refractivity contribution is 0.0637. The first-order valence-corrected chi connectivity index (χ1v) is 10.00. The Morgan fingerprint density at radius 2 is 1.53 bits per heavy atom. The summed E-state index contributed by atoms with van der Waals surface area (Å²) in [6.45, 7) is 6.48. The number of nitrogens with zero attached hydrogens (tertiary/aromatic N) is 3. The predicted molar refractivity (Wildman–Crippen MR) is 116 cm³/mol. The minimum Gasteiger partial charge on any atom is -0.423 e. The zero-order chi connectivity index (χ0) is 21.5. The summed E-state index contributed by atoms with van der Waals surface area (Å²) in [5, 5.41) is 0. The molecule has 2 aromatic carbocycles. The fourth-order valence-electron chi connectivity index (χ4n) is 3.33. The molecule has 8 heteroatoms. The van der Waals surface area contributed by atoms with Crippen LogP contribution in [-0.2, 0) is 0 Å². The van der Waals surface area contributed by atoms with Crippen LogP contribution < -0.4 is 16.2 Å². The van der Waals surface area contributed by atoms with Crippen LogP contribution in [0.4, 0.5) is 5.69 Å². The number of guanidine groups is 1. The second kappa shape index (κ2) is 9.89. The number of rotatable bonds is 6. The number of hydrogen-bond acceptors (Lipinski definition) is 5. The largest absolute Gasteiger partial charge is 0.423 e. The number of aliphatic imine (C=N–C) groups is 1. The van der Waals surface area contributed by atoms with Crippen molar-refractivity contribution in [1.29, 1.82) is 0 Å². The molecule has 3 rings (SSSR count). The van der Waals surface area contributed by atoms with Crippen molar-refractivity contribution in [3.05, 3.63) is 59.7 Å². The summed E-state index contributed by atoms with van der Waals surface area (Å²) in [5.41, 5.74) is 12.2. The number of esters is 1. The average Bonchev–Trinajstić information content (AvgIpc) is 2.75. The van der Waals surface area contributed by atoms with E-state index >= 15 is 0 Å². The van der Waals surface area contributed by atoms with Crippen LogP contribution in [0, 0.1) is 0 Å². The van der Waals surface area contributed by atoms with Crippen LogP contribution in [0.25, 0.3) is 0 Å². The molecule has 0 spiro atoms. The van der Waals surface area contributed by atoms with E-state index in [-0.39, 0.29) is 11.9 Å². The molecule has 0 bridgehead atoms. The first-order chi connectivity index (χ1) is 14.5. The van der Waals surface area contributed by atoms with Gasteiger partial charge in [-0.1, -0.05) is 6.92 Å². The molecule has 0 aliphatic carbocycles. The van der Waals surface area contributed by atoms with E-state index in [9.17, 15) is 9.59 Å². The van der Waals surface area contributed by atoms with Crippen LogP contribution in [0.15, 0.2) is 53.5 Å². The molecule has 30 heavy (non-hydrogen) atoms. The van der Waals surface area contributed by atoms with Crippen LogP contribution >= 0.6 is 0 Å². The number of ether oxygens (including phenoxy) is 1. The Bertz CT molecular complexity index is 897. The van der Waals surface area contributed by atoms with E-state index in [0.29, 0.717) is 22.6 Å². The highest BCUT2D eigenvalue weighted by Gasteiger charge is 2.21. The molecule has 2 aromatic rings. The molecule has 0 atom stereocenters. The van der Waals surface area contributed by atoms with Gasteiger partial charge in [-0.3, -0.25) is 9.69 Å². The van der Waals surface area contributed by atoms with Crippen LogP contribution in [0.5, 0.6) is 5.75 Å². The minimum atomic E-state index is -0.502. The molecular weight excluding hydrogens is 382 g/mol. The summed E-state index contributed by atoms with van der Waals surface area (Å²) < 4.78 is 5.39. The van der Waals surface area contributed by atoms with Gasteiger partial charge in [0.05, 0.1) is 11.3 Å². The van der Waals surface area contributed by atoms with E-state index in [1.54, 1.807) is 48.5 Å². The quantitative estimate of drug-likeness (QED) is 0.326. The van der Waals surface area contributed by atoms with Crippen LogP contribution in [0.1, 0.15) is 34.1 Å². The third kappa shape index (κ3) is 5.57. The van der Waals surface area contributed by atoms with Gasteiger partial charge in [0.1, 0.15) is 5.75 Å². The van der Waals surface area contributed by atoms with Gasteiger partial charge in [-0.25, -0.2) is 9.79 Å². The van der Waals surface area contributed by atoms with Crippen molar-refractivity contribution in [2.45, 2.75) is 13.3 Å². The second-order valence-corrected chi connectivity index (χ2v) is 7.13. The van der Waals surface area contributed by atoms with Gasteiger partial charge < -0.3 is 21.1 Å². The van der Waals surface area contributed by atoms with Crippen molar-refractivity contribution < 1.29 is 14.3 Å². The van der Waals surface area contributed by atoms with E-state index in [1.807, 2.05) is 4.90 Å². The highest BCUT2D eigenvalue weighted by atomic mass is 16.5. The fourth-order valence-corrected chi connectivity index (χ4v) is 3.33. The number of benzene rings is 2. The number of carbonyl (C=O) groups is 2. The molecule has 4 N–H and O–H groups in total. The topological polar surface area (TPSA) is 114 Å². The van der Waals surface area contributed by atoms with Gasteiger partial charge in [0.2, 0.25) is 0 Å². The molecule has 0 radical (unpaired) electrons. The van der Waals surface area contributed by atoms with E-state index < -0.39 is 5.97 Å². The number of hydrogen-bond donors (Lipinski definition) is 2. The van der Waals surface area contributed by atoms with Crippen molar-refractivity contribution in [2.75, 3.05) is 32.7 Å². The fraction of sp³-hybridized carbons (Fsp3) is 0.318. The van der Waals surface area contributed by atoms with Gasteiger partial charge in [-0.2, -0.15) is 0 Å². The highest BCUT2D eigenvalue weighted by molar-refractivity contribution is 5.95. The van der Waals surface area contributed by atoms with Gasteiger partial charge >= 0.3 is 5.97 Å². The molecule has 1 fully saturated rings. The van der Waals surface area contributed by atoms with Crippen molar-refractivity contribution in [1.82, 2.24) is 9.80 Å². The van der Waals surface area contributed by atoms with Crippen molar-refractivity contribution >= 4 is 23.5 Å². The molecule has 1 saturated heterocycles. The number of carbonyl (C=O) groups excluding carboxylic acids is 2. The molecular formula is C22H27N5O3. The molecule has 158 valence electrons. The summed E-state index contributed by atoms with van der Waals surface area (Å²) in [5.74, 6) is -0.183. The third-order valence-corrected chi connectivity index (χ3v) is 4.87. The third-order valence-electron chi connectivity index (χ3n) is 4.87. The average molecular weight is 409 g/mol. The SMILES string of the molecule is CCCN1CCN(C(=O)c2ccc(OC(=O)c3ccc(N=C(N)N)cc3)cc2)CC1. The number of piperazine rings is 1. The Kier molecular flexibility index (Phi) is 7.03. The van der Waals surface area contributed by atoms with Gasteiger partial charge in [0, 0.05) is 31.7 Å². The normalized spacial score (nSPS) is 14.2. The molecule has 1 aliphatic heterocycles. The van der Waals surface area contributed by atoms with E-state index in [1.165, 1.54) is 0 Å². The van der Waals surface area contributed by atoms with Gasteiger partial charge in [-0.05, 0) is 61.5 Å². The predicted octanol–water partition coefficient (Wildman–Crippen LogP) is 1.98. The zero-order valence-electron chi connectivity index (χ0n) is 17.1. The van der Waals surface area contributed by atoms with E-state index in [4.69, 9.17) is 16.2 Å². The molecule has 1 amide bonds. The van der Waals surface area contributed by atoms with Gasteiger partial charge in [0.15, 0.2) is 5.96 Å². The number of nitrogens with two attached hydrogens (primary N) is 2. The van der Waals surface area contributed by atoms with Crippen molar-refractivity contribution in [3.8, 4) is 5.75 Å². The lowest BCUT2D eigenvalue weighted by Crippen LogP contribution is -2.48. The van der Waals surface area contributed by atoms with Gasteiger partial charge in [0.25, 0.3) is 5.91 Å². The highest BCUT2D eigenvalue weighted by Crippen LogP contribution is 2.18. The maximum absolute atomic E-state index is 12.7. The standard InChI is InChI=1S/C22H27N5O3/c1-2-11-26-12-14-27(15-13-26)20(28)16-5-9-19(10-6-16)30-21(29)17-3-7-18(8-4-17)25-22(23)24/h3-10H,2,11-15H2,1H3,(H4,23,24,25). The molecule has 0 unspecified atom stereocenters.